The Morgan fingerprint density at radius 2 is 2.16 bits per heavy atom. The van der Waals surface area contributed by atoms with Crippen molar-refractivity contribution in [3.63, 3.8) is 0 Å². The van der Waals surface area contributed by atoms with Gasteiger partial charge in [0.25, 0.3) is 0 Å². The number of aliphatic carboxylic acids is 1. The molecule has 0 aliphatic carbocycles. The van der Waals surface area contributed by atoms with E-state index in [4.69, 9.17) is 5.11 Å². The van der Waals surface area contributed by atoms with E-state index in [1.807, 2.05) is 13.0 Å². The van der Waals surface area contributed by atoms with Crippen molar-refractivity contribution in [1.82, 2.24) is 0 Å². The minimum atomic E-state index is -0.890. The average Bonchev–Trinajstić information content (AvgIpc) is 2.36. The summed E-state index contributed by atoms with van der Waals surface area (Å²) in [7, 11) is 0. The maximum Gasteiger partial charge on any atom is 0.328 e. The number of allylic oxidation sites excluding steroid dienone is 1. The van der Waals surface area contributed by atoms with Crippen LogP contribution in [-0.2, 0) is 11.2 Å². The monoisotopic (exact) mass is 259 g/mol. The number of rotatable bonds is 3. The number of carboxylic acids is 1. The van der Waals surface area contributed by atoms with Crippen molar-refractivity contribution in [1.29, 1.82) is 0 Å². The van der Waals surface area contributed by atoms with Gasteiger partial charge in [0.1, 0.15) is 0 Å². The molecule has 1 aliphatic heterocycles. The first-order valence-corrected chi connectivity index (χ1v) is 6.80. The fourth-order valence-electron chi connectivity index (χ4n) is 2.68. The molecule has 0 saturated carbocycles. The number of nitrogens with zero attached hydrogens (tertiary/aromatic N) is 1. The molecule has 0 bridgehead atoms. The summed E-state index contributed by atoms with van der Waals surface area (Å²) in [6, 6.07) is 6.79. The smallest absolute Gasteiger partial charge is 0.328 e. The van der Waals surface area contributed by atoms with Crippen LogP contribution in [0.4, 0.5) is 5.69 Å². The van der Waals surface area contributed by atoms with E-state index in [0.29, 0.717) is 6.04 Å². The predicted molar refractivity (Wildman–Crippen MR) is 78.5 cm³/mol. The molecule has 0 fully saturated rings. The summed E-state index contributed by atoms with van der Waals surface area (Å²) in [5.74, 6) is -0.890. The summed E-state index contributed by atoms with van der Waals surface area (Å²) in [4.78, 5) is 13.1. The average molecular weight is 259 g/mol. The number of hydrogen-bond donors (Lipinski definition) is 1. The molecule has 0 radical (unpaired) electrons. The quantitative estimate of drug-likeness (QED) is 0.846. The Hall–Kier alpha value is -1.77. The van der Waals surface area contributed by atoms with Gasteiger partial charge in [-0.3, -0.25) is 0 Å². The SMILES string of the molecule is C/C(=C\C(=O)O)c1ccc2c(c1)CCCN2C(C)C. The number of anilines is 1. The van der Waals surface area contributed by atoms with Crippen LogP contribution in [0, 0.1) is 0 Å². The van der Waals surface area contributed by atoms with Crippen molar-refractivity contribution < 1.29 is 9.90 Å². The third-order valence-corrected chi connectivity index (χ3v) is 3.65. The van der Waals surface area contributed by atoms with E-state index in [0.717, 1.165) is 30.5 Å². The second kappa shape index (κ2) is 5.47. The molecule has 0 unspecified atom stereocenters. The molecule has 3 nitrogen and oxygen atoms in total. The fraction of sp³-hybridized carbons (Fsp3) is 0.438. The normalized spacial score (nSPS) is 15.6. The van der Waals surface area contributed by atoms with Gasteiger partial charge in [-0.25, -0.2) is 4.79 Å². The lowest BCUT2D eigenvalue weighted by molar-refractivity contribution is -0.131. The van der Waals surface area contributed by atoms with Crippen molar-refractivity contribution in [3.8, 4) is 0 Å². The van der Waals surface area contributed by atoms with Gasteiger partial charge in [0.2, 0.25) is 0 Å². The molecule has 0 spiro atoms. The Balaban J connectivity index is 2.37. The van der Waals surface area contributed by atoms with E-state index in [-0.39, 0.29) is 0 Å². The summed E-state index contributed by atoms with van der Waals surface area (Å²) in [6.45, 7) is 7.37. The molecule has 1 heterocycles. The lowest BCUT2D eigenvalue weighted by atomic mass is 9.95. The van der Waals surface area contributed by atoms with Crippen LogP contribution in [0.15, 0.2) is 24.3 Å². The fourth-order valence-corrected chi connectivity index (χ4v) is 2.68. The molecule has 0 amide bonds. The number of benzene rings is 1. The zero-order valence-electron chi connectivity index (χ0n) is 11.8. The Labute approximate surface area is 114 Å². The zero-order chi connectivity index (χ0) is 14.0. The van der Waals surface area contributed by atoms with Gasteiger partial charge in [-0.2, -0.15) is 0 Å². The van der Waals surface area contributed by atoms with Gasteiger partial charge in [-0.1, -0.05) is 6.07 Å². The highest BCUT2D eigenvalue weighted by atomic mass is 16.4. The third-order valence-electron chi connectivity index (χ3n) is 3.65. The van der Waals surface area contributed by atoms with Gasteiger partial charge in [0, 0.05) is 24.4 Å². The highest BCUT2D eigenvalue weighted by Crippen LogP contribution is 2.31. The highest BCUT2D eigenvalue weighted by molar-refractivity contribution is 5.89. The lowest BCUT2D eigenvalue weighted by Crippen LogP contribution is -2.35. The van der Waals surface area contributed by atoms with Crippen molar-refractivity contribution in [2.75, 3.05) is 11.4 Å². The highest BCUT2D eigenvalue weighted by Gasteiger charge is 2.19. The molecule has 1 aliphatic rings. The first-order valence-electron chi connectivity index (χ1n) is 6.80. The second-order valence-electron chi connectivity index (χ2n) is 5.40. The van der Waals surface area contributed by atoms with Crippen LogP contribution >= 0.6 is 0 Å². The van der Waals surface area contributed by atoms with Gasteiger partial charge in [-0.05, 0) is 62.4 Å². The summed E-state index contributed by atoms with van der Waals surface area (Å²) in [5, 5.41) is 8.81. The molecule has 2 rings (SSSR count). The van der Waals surface area contributed by atoms with E-state index in [1.54, 1.807) is 0 Å². The lowest BCUT2D eigenvalue weighted by Gasteiger charge is -2.35. The molecule has 1 aromatic carbocycles. The number of carbonyl (C=O) groups is 1. The zero-order valence-corrected chi connectivity index (χ0v) is 11.8. The molecule has 1 aromatic rings. The van der Waals surface area contributed by atoms with Crippen molar-refractivity contribution in [2.24, 2.45) is 0 Å². The van der Waals surface area contributed by atoms with Crippen molar-refractivity contribution in [3.05, 3.63) is 35.4 Å². The first kappa shape index (κ1) is 13.7. The van der Waals surface area contributed by atoms with Crippen molar-refractivity contribution >= 4 is 17.2 Å². The molecule has 0 atom stereocenters. The maximum atomic E-state index is 10.7. The molecule has 102 valence electrons. The van der Waals surface area contributed by atoms with Gasteiger partial charge in [0.15, 0.2) is 0 Å². The van der Waals surface area contributed by atoms with E-state index >= 15 is 0 Å². The van der Waals surface area contributed by atoms with Crippen LogP contribution in [0.25, 0.3) is 5.57 Å². The molecule has 3 heteroatoms. The van der Waals surface area contributed by atoms with Crippen molar-refractivity contribution in [2.45, 2.75) is 39.7 Å². The summed E-state index contributed by atoms with van der Waals surface area (Å²) in [5.41, 5.74) is 4.44. The van der Waals surface area contributed by atoms with Gasteiger partial charge in [-0.15, -0.1) is 0 Å². The van der Waals surface area contributed by atoms with Crippen LogP contribution in [0.3, 0.4) is 0 Å². The van der Waals surface area contributed by atoms with Crippen LogP contribution in [0.5, 0.6) is 0 Å². The van der Waals surface area contributed by atoms with Crippen LogP contribution < -0.4 is 4.90 Å². The largest absolute Gasteiger partial charge is 0.478 e. The summed E-state index contributed by atoms with van der Waals surface area (Å²) in [6.07, 6.45) is 3.51. The predicted octanol–water partition coefficient (Wildman–Crippen LogP) is 3.34. The van der Waals surface area contributed by atoms with Gasteiger partial charge in [0.05, 0.1) is 0 Å². The molecule has 0 saturated heterocycles. The summed E-state index contributed by atoms with van der Waals surface area (Å²) < 4.78 is 0. The number of hydrogen-bond acceptors (Lipinski definition) is 2. The Morgan fingerprint density at radius 3 is 2.79 bits per heavy atom. The molecule has 1 N–H and O–H groups in total. The van der Waals surface area contributed by atoms with E-state index < -0.39 is 5.97 Å². The number of fused-ring (bicyclic) bond motifs is 1. The topological polar surface area (TPSA) is 40.5 Å². The van der Waals surface area contributed by atoms with Crippen LogP contribution in [0.2, 0.25) is 0 Å². The molecular weight excluding hydrogens is 238 g/mol. The van der Waals surface area contributed by atoms with E-state index in [2.05, 4.69) is 30.9 Å². The minimum absolute atomic E-state index is 0.501. The van der Waals surface area contributed by atoms with Gasteiger partial charge < -0.3 is 10.0 Å². The number of carboxylic acid groups (broad SMARTS) is 1. The second-order valence-corrected chi connectivity index (χ2v) is 5.40. The first-order chi connectivity index (χ1) is 8.99. The van der Waals surface area contributed by atoms with E-state index in [9.17, 15) is 4.79 Å². The van der Waals surface area contributed by atoms with E-state index in [1.165, 1.54) is 17.3 Å². The van der Waals surface area contributed by atoms with Crippen LogP contribution in [0.1, 0.15) is 38.3 Å². The Bertz CT molecular complexity index is 517. The van der Waals surface area contributed by atoms with Gasteiger partial charge >= 0.3 is 5.97 Å². The minimum Gasteiger partial charge on any atom is -0.478 e. The molecular formula is C16H21NO2. The standard InChI is InChI=1S/C16H21NO2/c1-11(2)17-8-4-5-14-10-13(6-7-15(14)17)12(3)9-16(18)19/h6-7,9-11H,4-5,8H2,1-3H3,(H,18,19)/b12-9+. The Kier molecular flexibility index (Phi) is 3.93. The molecule has 0 aromatic heterocycles. The summed E-state index contributed by atoms with van der Waals surface area (Å²) >= 11 is 0. The van der Waals surface area contributed by atoms with Crippen LogP contribution in [-0.4, -0.2) is 23.7 Å². The Morgan fingerprint density at radius 1 is 1.42 bits per heavy atom. The third kappa shape index (κ3) is 2.98. The molecule has 19 heavy (non-hydrogen) atoms. The number of aryl methyl sites for hydroxylation is 1. The maximum absolute atomic E-state index is 10.7.